The molecule has 0 aliphatic heterocycles. The molecule has 0 aliphatic carbocycles. The number of hydrogen-bond acceptors (Lipinski definition) is 3. The molecule has 2 aromatic rings. The third-order valence-electron chi connectivity index (χ3n) is 4.00. The Hall–Kier alpha value is -2.89. The van der Waals surface area contributed by atoms with Crippen LogP contribution in [0, 0.1) is 5.82 Å². The molecule has 0 heterocycles. The summed E-state index contributed by atoms with van der Waals surface area (Å²) in [7, 11) is 1.61. The number of carbonyl (C=O) groups excluding carboxylic acids is 2. The number of halogens is 1. The molecule has 5 nitrogen and oxygen atoms in total. The first-order chi connectivity index (χ1) is 12.5. The second-order valence-electron chi connectivity index (χ2n) is 5.87. The van der Waals surface area contributed by atoms with Gasteiger partial charge in [-0.1, -0.05) is 18.2 Å². The lowest BCUT2D eigenvalue weighted by Crippen LogP contribution is -2.38. The maximum atomic E-state index is 13.2. The number of rotatable bonds is 8. The molecule has 0 aliphatic rings. The number of carbonyl (C=O) groups is 2. The molecule has 0 saturated heterocycles. The van der Waals surface area contributed by atoms with Crippen LogP contribution in [0.15, 0.2) is 48.5 Å². The van der Waals surface area contributed by atoms with Crippen LogP contribution < -0.4 is 10.1 Å². The van der Waals surface area contributed by atoms with Gasteiger partial charge in [-0.2, -0.15) is 0 Å². The Morgan fingerprint density at radius 1 is 1.12 bits per heavy atom. The molecule has 0 aromatic heterocycles. The summed E-state index contributed by atoms with van der Waals surface area (Å²) in [5.74, 6) is -0.103. The Balaban J connectivity index is 1.84. The van der Waals surface area contributed by atoms with Crippen LogP contribution in [0.3, 0.4) is 0 Å². The largest absolute Gasteiger partial charge is 0.497 e. The quantitative estimate of drug-likeness (QED) is 0.789. The van der Waals surface area contributed by atoms with Crippen molar-refractivity contribution in [2.75, 3.05) is 26.7 Å². The van der Waals surface area contributed by atoms with Gasteiger partial charge in [-0.15, -0.1) is 0 Å². The average Bonchev–Trinajstić information content (AvgIpc) is 2.64. The normalized spacial score (nSPS) is 10.3. The van der Waals surface area contributed by atoms with Crippen molar-refractivity contribution >= 4 is 11.8 Å². The molecule has 2 rings (SSSR count). The van der Waals surface area contributed by atoms with Crippen LogP contribution in [-0.2, 0) is 11.2 Å². The Kier molecular flexibility index (Phi) is 7.14. The molecule has 138 valence electrons. The van der Waals surface area contributed by atoms with Gasteiger partial charge in [0.1, 0.15) is 11.6 Å². The van der Waals surface area contributed by atoms with E-state index in [1.807, 2.05) is 24.3 Å². The minimum Gasteiger partial charge on any atom is -0.497 e. The second kappa shape index (κ2) is 9.56. The van der Waals surface area contributed by atoms with Gasteiger partial charge in [0, 0.05) is 32.1 Å². The topological polar surface area (TPSA) is 58.6 Å². The standard InChI is InChI=1S/C20H23FN2O3/c1-15(24)23(11-9-16-5-3-8-19(13-16)26-2)12-10-22-20(25)17-6-4-7-18(21)14-17/h3-8,13-14H,9-12H2,1-2H3,(H,22,25). The summed E-state index contributed by atoms with van der Waals surface area (Å²) in [6, 6.07) is 13.2. The molecule has 2 amide bonds. The fraction of sp³-hybridized carbons (Fsp3) is 0.300. The number of benzene rings is 2. The number of ether oxygens (including phenoxy) is 1. The van der Waals surface area contributed by atoms with Gasteiger partial charge in [0.2, 0.25) is 5.91 Å². The summed E-state index contributed by atoms with van der Waals surface area (Å²) in [5.41, 5.74) is 1.33. The SMILES string of the molecule is COc1cccc(CCN(CCNC(=O)c2cccc(F)c2)C(C)=O)c1. The number of hydrogen-bond donors (Lipinski definition) is 1. The zero-order chi connectivity index (χ0) is 18.9. The third-order valence-corrected chi connectivity index (χ3v) is 4.00. The zero-order valence-corrected chi connectivity index (χ0v) is 15.0. The first-order valence-electron chi connectivity index (χ1n) is 8.42. The van der Waals surface area contributed by atoms with Crippen molar-refractivity contribution in [1.29, 1.82) is 0 Å². The van der Waals surface area contributed by atoms with Crippen LogP contribution in [-0.4, -0.2) is 43.5 Å². The van der Waals surface area contributed by atoms with Gasteiger partial charge in [0.15, 0.2) is 0 Å². The van der Waals surface area contributed by atoms with Crippen molar-refractivity contribution in [3.8, 4) is 5.75 Å². The van der Waals surface area contributed by atoms with Crippen LogP contribution in [0.2, 0.25) is 0 Å². The van der Waals surface area contributed by atoms with Crippen LogP contribution in [0.4, 0.5) is 4.39 Å². The molecule has 0 bridgehead atoms. The van der Waals surface area contributed by atoms with E-state index < -0.39 is 5.82 Å². The molecular formula is C20H23FN2O3. The van der Waals surface area contributed by atoms with Crippen LogP contribution in [0.5, 0.6) is 5.75 Å². The van der Waals surface area contributed by atoms with E-state index in [0.717, 1.165) is 11.3 Å². The lowest BCUT2D eigenvalue weighted by molar-refractivity contribution is -0.128. The highest BCUT2D eigenvalue weighted by Crippen LogP contribution is 2.13. The number of nitrogens with one attached hydrogen (secondary N) is 1. The number of nitrogens with zero attached hydrogens (tertiary/aromatic N) is 1. The highest BCUT2D eigenvalue weighted by Gasteiger charge is 2.11. The zero-order valence-electron chi connectivity index (χ0n) is 15.0. The van der Waals surface area contributed by atoms with Crippen LogP contribution in [0.25, 0.3) is 0 Å². The van der Waals surface area contributed by atoms with Crippen molar-refractivity contribution in [1.82, 2.24) is 10.2 Å². The van der Waals surface area contributed by atoms with Crippen LogP contribution >= 0.6 is 0 Å². The van der Waals surface area contributed by atoms with Gasteiger partial charge in [-0.25, -0.2) is 4.39 Å². The Morgan fingerprint density at radius 3 is 2.58 bits per heavy atom. The lowest BCUT2D eigenvalue weighted by atomic mass is 10.1. The van der Waals surface area contributed by atoms with E-state index in [2.05, 4.69) is 5.32 Å². The van der Waals surface area contributed by atoms with Crippen molar-refractivity contribution in [3.05, 3.63) is 65.5 Å². The number of amides is 2. The predicted octanol–water partition coefficient (Wildman–Crippen LogP) is 2.66. The van der Waals surface area contributed by atoms with E-state index >= 15 is 0 Å². The molecule has 0 unspecified atom stereocenters. The smallest absolute Gasteiger partial charge is 0.251 e. The highest BCUT2D eigenvalue weighted by molar-refractivity contribution is 5.94. The third kappa shape index (κ3) is 5.88. The monoisotopic (exact) mass is 358 g/mol. The summed E-state index contributed by atoms with van der Waals surface area (Å²) in [5, 5.41) is 2.71. The number of methoxy groups -OCH3 is 1. The molecule has 26 heavy (non-hydrogen) atoms. The van der Waals surface area contributed by atoms with E-state index in [-0.39, 0.29) is 17.4 Å². The lowest BCUT2D eigenvalue weighted by Gasteiger charge is -2.21. The molecule has 0 radical (unpaired) electrons. The summed E-state index contributed by atoms with van der Waals surface area (Å²) < 4.78 is 18.4. The summed E-state index contributed by atoms with van der Waals surface area (Å²) in [4.78, 5) is 25.5. The molecule has 0 saturated carbocycles. The maximum Gasteiger partial charge on any atom is 0.251 e. The fourth-order valence-corrected chi connectivity index (χ4v) is 2.55. The van der Waals surface area contributed by atoms with Crippen molar-refractivity contribution in [2.24, 2.45) is 0 Å². The highest BCUT2D eigenvalue weighted by atomic mass is 19.1. The van der Waals surface area contributed by atoms with Gasteiger partial charge < -0.3 is 15.0 Å². The van der Waals surface area contributed by atoms with Crippen LogP contribution in [0.1, 0.15) is 22.8 Å². The first-order valence-corrected chi connectivity index (χ1v) is 8.42. The predicted molar refractivity (Wildman–Crippen MR) is 97.7 cm³/mol. The molecule has 6 heteroatoms. The maximum absolute atomic E-state index is 13.2. The first kappa shape index (κ1) is 19.4. The minimum atomic E-state index is -0.457. The Bertz CT molecular complexity index is 764. The van der Waals surface area contributed by atoms with Crippen molar-refractivity contribution in [2.45, 2.75) is 13.3 Å². The van der Waals surface area contributed by atoms with E-state index in [1.165, 1.54) is 25.1 Å². The average molecular weight is 358 g/mol. The summed E-state index contributed by atoms with van der Waals surface area (Å²) in [6.45, 7) is 2.73. The molecule has 1 N–H and O–H groups in total. The van der Waals surface area contributed by atoms with E-state index in [4.69, 9.17) is 4.74 Å². The van der Waals surface area contributed by atoms with E-state index in [1.54, 1.807) is 18.1 Å². The van der Waals surface area contributed by atoms with Gasteiger partial charge >= 0.3 is 0 Å². The van der Waals surface area contributed by atoms with E-state index in [9.17, 15) is 14.0 Å². The van der Waals surface area contributed by atoms with Gasteiger partial charge in [-0.3, -0.25) is 9.59 Å². The summed E-state index contributed by atoms with van der Waals surface area (Å²) >= 11 is 0. The van der Waals surface area contributed by atoms with Gasteiger partial charge in [-0.05, 0) is 42.3 Å². The molecular weight excluding hydrogens is 335 g/mol. The van der Waals surface area contributed by atoms with Crippen molar-refractivity contribution in [3.63, 3.8) is 0 Å². The fourth-order valence-electron chi connectivity index (χ4n) is 2.55. The molecule has 2 aromatic carbocycles. The Morgan fingerprint density at radius 2 is 1.88 bits per heavy atom. The molecule has 0 spiro atoms. The van der Waals surface area contributed by atoms with E-state index in [0.29, 0.717) is 26.1 Å². The summed E-state index contributed by atoms with van der Waals surface area (Å²) in [6.07, 6.45) is 0.689. The second-order valence-corrected chi connectivity index (χ2v) is 5.87. The van der Waals surface area contributed by atoms with Gasteiger partial charge in [0.25, 0.3) is 5.91 Å². The van der Waals surface area contributed by atoms with Gasteiger partial charge in [0.05, 0.1) is 7.11 Å². The molecule has 0 atom stereocenters. The molecule has 0 fully saturated rings. The Labute approximate surface area is 152 Å². The minimum absolute atomic E-state index is 0.0621. The van der Waals surface area contributed by atoms with Crippen molar-refractivity contribution < 1.29 is 18.7 Å².